The molecule has 0 heterocycles. The maximum Gasteiger partial charge on any atom is 0.117 e. The third kappa shape index (κ3) is 0.473. The van der Waals surface area contributed by atoms with E-state index in [0.29, 0.717) is 0 Å². The Bertz CT molecular complexity index is 44.3. The van der Waals surface area contributed by atoms with E-state index in [4.69, 9.17) is 0 Å². The molecular formula is C4H6BrF. The molecule has 0 amide bonds. The second-order valence-corrected chi connectivity index (χ2v) is 2.81. The van der Waals surface area contributed by atoms with Gasteiger partial charge in [0.15, 0.2) is 0 Å². The Hall–Kier alpha value is 0.410. The first-order chi connectivity index (χ1) is 2.73. The summed E-state index contributed by atoms with van der Waals surface area (Å²) in [6, 6.07) is 0. The van der Waals surface area contributed by atoms with Gasteiger partial charge in [-0.05, 0) is 0 Å². The van der Waals surface area contributed by atoms with Crippen LogP contribution in [0.15, 0.2) is 0 Å². The van der Waals surface area contributed by atoms with Crippen LogP contribution in [0.4, 0.5) is 4.39 Å². The first-order valence-corrected chi connectivity index (χ1v) is 2.93. The lowest BCUT2D eigenvalue weighted by Gasteiger charge is -1.62. The fourth-order valence-corrected chi connectivity index (χ4v) is 0.965. The van der Waals surface area contributed by atoms with Gasteiger partial charge in [0.25, 0.3) is 0 Å². The molecule has 0 saturated heterocycles. The van der Waals surface area contributed by atoms with Crippen molar-refractivity contribution in [2.45, 2.75) is 17.9 Å². The molecule has 0 N–H and O–H groups in total. The van der Waals surface area contributed by atoms with Gasteiger partial charge in [-0.15, -0.1) is 0 Å². The van der Waals surface area contributed by atoms with Gasteiger partial charge >= 0.3 is 0 Å². The Kier molecular flexibility index (Phi) is 0.904. The predicted octanol–water partition coefficient (Wildman–Crippen LogP) is 1.74. The van der Waals surface area contributed by atoms with Crippen molar-refractivity contribution in [2.24, 2.45) is 5.92 Å². The van der Waals surface area contributed by atoms with E-state index in [-0.39, 0.29) is 10.7 Å². The lowest BCUT2D eigenvalue weighted by Crippen LogP contribution is -1.65. The van der Waals surface area contributed by atoms with Crippen LogP contribution in [0.25, 0.3) is 0 Å². The first-order valence-electron chi connectivity index (χ1n) is 2.01. The Labute approximate surface area is 44.9 Å². The third-order valence-electron chi connectivity index (χ3n) is 1.17. The Morgan fingerprint density at radius 1 is 1.67 bits per heavy atom. The fraction of sp³-hybridized carbons (Fsp3) is 1.00. The molecule has 0 nitrogen and oxygen atoms in total. The molecule has 0 aromatic heterocycles. The topological polar surface area (TPSA) is 0 Å². The van der Waals surface area contributed by atoms with Crippen LogP contribution >= 0.6 is 15.9 Å². The van der Waals surface area contributed by atoms with Crippen LogP contribution in [0, 0.1) is 5.92 Å². The number of hydrogen-bond donors (Lipinski definition) is 0. The van der Waals surface area contributed by atoms with E-state index in [0.717, 1.165) is 0 Å². The minimum absolute atomic E-state index is 0.164. The highest BCUT2D eigenvalue weighted by atomic mass is 79.9. The predicted molar refractivity (Wildman–Crippen MR) is 26.8 cm³/mol. The standard InChI is InChI=1S/C4H6BrF/c1-2-3(5)4(2)6/h2-4H,1H3/t2-,3+,4-/m1/s1. The van der Waals surface area contributed by atoms with E-state index in [1.165, 1.54) is 0 Å². The normalized spacial score (nSPS) is 55.5. The summed E-state index contributed by atoms with van der Waals surface area (Å²) in [7, 11) is 0. The third-order valence-corrected chi connectivity index (χ3v) is 2.51. The van der Waals surface area contributed by atoms with Crippen molar-refractivity contribution in [3.63, 3.8) is 0 Å². The van der Waals surface area contributed by atoms with Crippen molar-refractivity contribution >= 4 is 15.9 Å². The molecule has 0 radical (unpaired) electrons. The maximum absolute atomic E-state index is 11.9. The molecule has 3 atom stereocenters. The summed E-state index contributed by atoms with van der Waals surface area (Å²) < 4.78 is 11.9. The Morgan fingerprint density at radius 3 is 1.83 bits per heavy atom. The average molecular weight is 153 g/mol. The molecular weight excluding hydrogens is 147 g/mol. The van der Waals surface area contributed by atoms with Crippen LogP contribution in [-0.4, -0.2) is 11.0 Å². The first kappa shape index (κ1) is 4.57. The van der Waals surface area contributed by atoms with E-state index >= 15 is 0 Å². The van der Waals surface area contributed by atoms with Crippen LogP contribution in [0.5, 0.6) is 0 Å². The average Bonchev–Trinajstić information content (AvgIpc) is 1.94. The van der Waals surface area contributed by atoms with Gasteiger partial charge in [-0.1, -0.05) is 22.9 Å². The summed E-state index contributed by atoms with van der Waals surface area (Å²) in [6.07, 6.45) is -0.565. The number of alkyl halides is 2. The maximum atomic E-state index is 11.9. The smallest absolute Gasteiger partial charge is 0.117 e. The summed E-state index contributed by atoms with van der Waals surface area (Å²) >= 11 is 3.14. The van der Waals surface area contributed by atoms with Crippen molar-refractivity contribution in [3.8, 4) is 0 Å². The highest BCUT2D eigenvalue weighted by Gasteiger charge is 2.45. The van der Waals surface area contributed by atoms with Crippen molar-refractivity contribution < 1.29 is 4.39 Å². The van der Waals surface area contributed by atoms with E-state index in [1.54, 1.807) is 0 Å². The van der Waals surface area contributed by atoms with Gasteiger partial charge < -0.3 is 0 Å². The van der Waals surface area contributed by atoms with Crippen LogP contribution in [0.1, 0.15) is 6.92 Å². The number of hydrogen-bond acceptors (Lipinski definition) is 0. The zero-order valence-electron chi connectivity index (χ0n) is 3.49. The summed E-state index contributed by atoms with van der Waals surface area (Å²) in [5.74, 6) is 0.269. The lowest BCUT2D eigenvalue weighted by atomic mass is 10.5. The number of rotatable bonds is 0. The molecule has 1 aliphatic rings. The molecule has 36 valence electrons. The van der Waals surface area contributed by atoms with Crippen LogP contribution in [0.3, 0.4) is 0 Å². The zero-order valence-corrected chi connectivity index (χ0v) is 5.07. The Morgan fingerprint density at radius 2 is 1.83 bits per heavy atom. The molecule has 2 heteroatoms. The molecule has 1 fully saturated rings. The van der Waals surface area contributed by atoms with Crippen molar-refractivity contribution in [1.82, 2.24) is 0 Å². The second kappa shape index (κ2) is 1.19. The van der Waals surface area contributed by atoms with Crippen molar-refractivity contribution in [2.75, 3.05) is 0 Å². The molecule has 1 rings (SSSR count). The van der Waals surface area contributed by atoms with Crippen molar-refractivity contribution in [3.05, 3.63) is 0 Å². The zero-order chi connectivity index (χ0) is 4.73. The summed E-state index contributed by atoms with van der Waals surface area (Å²) in [5, 5.41) is 0. The fourth-order valence-electron chi connectivity index (χ4n) is 0.368. The SMILES string of the molecule is C[C@H]1[C@@H](F)[C@H]1Br. The van der Waals surface area contributed by atoms with E-state index in [9.17, 15) is 4.39 Å². The highest BCUT2D eigenvalue weighted by molar-refractivity contribution is 9.09. The van der Waals surface area contributed by atoms with Crippen molar-refractivity contribution in [1.29, 1.82) is 0 Å². The second-order valence-electron chi connectivity index (χ2n) is 1.75. The van der Waals surface area contributed by atoms with Crippen LogP contribution < -0.4 is 0 Å². The molecule has 0 spiro atoms. The summed E-state index contributed by atoms with van der Waals surface area (Å²) in [4.78, 5) is 0.164. The molecule has 0 aromatic rings. The molecule has 0 bridgehead atoms. The number of halogens is 2. The molecule has 1 aliphatic carbocycles. The molecule has 0 aromatic carbocycles. The largest absolute Gasteiger partial charge is 0.246 e. The molecule has 0 unspecified atom stereocenters. The van der Waals surface area contributed by atoms with Crippen LogP contribution in [-0.2, 0) is 0 Å². The van der Waals surface area contributed by atoms with Gasteiger partial charge in [-0.3, -0.25) is 0 Å². The Balaban J connectivity index is 2.31. The highest BCUT2D eigenvalue weighted by Crippen LogP contribution is 2.40. The van der Waals surface area contributed by atoms with Gasteiger partial charge in [-0.2, -0.15) is 0 Å². The van der Waals surface area contributed by atoms with E-state index < -0.39 is 6.17 Å². The monoisotopic (exact) mass is 152 g/mol. The van der Waals surface area contributed by atoms with Gasteiger partial charge in [-0.25, -0.2) is 4.39 Å². The molecule has 0 aliphatic heterocycles. The summed E-state index contributed by atoms with van der Waals surface area (Å²) in [5.41, 5.74) is 0. The van der Waals surface area contributed by atoms with Gasteiger partial charge in [0.1, 0.15) is 6.17 Å². The molecule has 6 heavy (non-hydrogen) atoms. The van der Waals surface area contributed by atoms with Gasteiger partial charge in [0.2, 0.25) is 0 Å². The van der Waals surface area contributed by atoms with E-state index in [1.807, 2.05) is 6.92 Å². The van der Waals surface area contributed by atoms with E-state index in [2.05, 4.69) is 15.9 Å². The minimum atomic E-state index is -0.565. The minimum Gasteiger partial charge on any atom is -0.246 e. The quantitative estimate of drug-likeness (QED) is 0.465. The molecule has 1 saturated carbocycles. The summed E-state index contributed by atoms with van der Waals surface area (Å²) in [6.45, 7) is 1.89. The lowest BCUT2D eigenvalue weighted by molar-refractivity contribution is 0.456. The van der Waals surface area contributed by atoms with Gasteiger partial charge in [0.05, 0.1) is 4.83 Å². The van der Waals surface area contributed by atoms with Crippen LogP contribution in [0.2, 0.25) is 0 Å². The van der Waals surface area contributed by atoms with Gasteiger partial charge in [0, 0.05) is 5.92 Å².